The van der Waals surface area contributed by atoms with Crippen LogP contribution in [0.25, 0.3) is 10.9 Å². The molecule has 1 aromatic carbocycles. The zero-order chi connectivity index (χ0) is 16.9. The monoisotopic (exact) mass is 317 g/mol. The summed E-state index contributed by atoms with van der Waals surface area (Å²) in [6, 6.07) is 8.48. The van der Waals surface area contributed by atoms with Gasteiger partial charge in [-0.2, -0.15) is 0 Å². The fourth-order valence-corrected chi connectivity index (χ4v) is 2.38. The van der Waals surface area contributed by atoms with Crippen LogP contribution in [0.1, 0.15) is 39.7 Å². The molecular formula is C18H27N3O2. The van der Waals surface area contributed by atoms with Crippen LogP contribution >= 0.6 is 0 Å². The lowest BCUT2D eigenvalue weighted by Crippen LogP contribution is -2.43. The average molecular weight is 317 g/mol. The summed E-state index contributed by atoms with van der Waals surface area (Å²) < 4.78 is 5.29. The van der Waals surface area contributed by atoms with Crippen LogP contribution in [-0.2, 0) is 11.3 Å². The van der Waals surface area contributed by atoms with Crippen molar-refractivity contribution >= 4 is 17.0 Å². The number of ether oxygens (including phenoxy) is 1. The van der Waals surface area contributed by atoms with Crippen LogP contribution in [0.3, 0.4) is 0 Å². The number of rotatable bonds is 6. The number of hydrogen-bond donors (Lipinski definition) is 3. The molecule has 0 aliphatic rings. The Morgan fingerprint density at radius 3 is 2.78 bits per heavy atom. The van der Waals surface area contributed by atoms with E-state index in [1.165, 1.54) is 10.9 Å². The first-order valence-electron chi connectivity index (χ1n) is 8.13. The van der Waals surface area contributed by atoms with Gasteiger partial charge in [0.25, 0.3) is 0 Å². The minimum Gasteiger partial charge on any atom is -0.444 e. The maximum Gasteiger partial charge on any atom is 0.407 e. The number of aromatic nitrogens is 1. The zero-order valence-corrected chi connectivity index (χ0v) is 14.4. The van der Waals surface area contributed by atoms with E-state index in [0.29, 0.717) is 6.54 Å². The van der Waals surface area contributed by atoms with Gasteiger partial charge in [-0.05, 0) is 56.3 Å². The van der Waals surface area contributed by atoms with Gasteiger partial charge in [-0.1, -0.05) is 13.0 Å². The Hall–Kier alpha value is -2.01. The summed E-state index contributed by atoms with van der Waals surface area (Å²) in [7, 11) is 0. The van der Waals surface area contributed by atoms with Crippen LogP contribution in [0.2, 0.25) is 0 Å². The number of alkyl carbamates (subject to hydrolysis) is 1. The van der Waals surface area contributed by atoms with Crippen molar-refractivity contribution in [2.24, 2.45) is 0 Å². The molecule has 0 radical (unpaired) electrons. The summed E-state index contributed by atoms with van der Waals surface area (Å²) in [4.78, 5) is 15.0. The van der Waals surface area contributed by atoms with Crippen LogP contribution < -0.4 is 10.6 Å². The highest BCUT2D eigenvalue weighted by atomic mass is 16.6. The fraction of sp³-hybridized carbons (Fsp3) is 0.500. The lowest BCUT2D eigenvalue weighted by molar-refractivity contribution is 0.0502. The van der Waals surface area contributed by atoms with Gasteiger partial charge in [0.1, 0.15) is 5.60 Å². The molecule has 1 unspecified atom stereocenters. The van der Waals surface area contributed by atoms with Crippen molar-refractivity contribution in [2.75, 3.05) is 6.54 Å². The smallest absolute Gasteiger partial charge is 0.407 e. The molecule has 0 aliphatic heterocycles. The van der Waals surface area contributed by atoms with E-state index in [1.54, 1.807) is 0 Å². The first-order chi connectivity index (χ1) is 10.9. The molecule has 0 aliphatic carbocycles. The molecule has 0 bridgehead atoms. The van der Waals surface area contributed by atoms with E-state index >= 15 is 0 Å². The molecule has 0 saturated heterocycles. The van der Waals surface area contributed by atoms with Gasteiger partial charge >= 0.3 is 6.09 Å². The van der Waals surface area contributed by atoms with Gasteiger partial charge in [0.15, 0.2) is 0 Å². The number of amides is 1. The van der Waals surface area contributed by atoms with E-state index in [-0.39, 0.29) is 12.1 Å². The highest BCUT2D eigenvalue weighted by molar-refractivity contribution is 5.79. The summed E-state index contributed by atoms with van der Waals surface area (Å²) in [5.41, 5.74) is 1.90. The Labute approximate surface area is 137 Å². The van der Waals surface area contributed by atoms with Crippen LogP contribution in [0.5, 0.6) is 0 Å². The maximum atomic E-state index is 11.8. The topological polar surface area (TPSA) is 66.2 Å². The van der Waals surface area contributed by atoms with Gasteiger partial charge in [-0.3, -0.25) is 0 Å². The Kier molecular flexibility index (Phi) is 5.66. The van der Waals surface area contributed by atoms with E-state index in [0.717, 1.165) is 18.5 Å². The number of fused-ring (bicyclic) bond motifs is 1. The third-order valence-electron chi connectivity index (χ3n) is 3.55. The van der Waals surface area contributed by atoms with E-state index < -0.39 is 5.60 Å². The molecule has 1 aromatic heterocycles. The molecule has 126 valence electrons. The molecule has 0 fully saturated rings. The molecule has 0 saturated carbocycles. The molecule has 5 heteroatoms. The molecule has 5 nitrogen and oxygen atoms in total. The highest BCUT2D eigenvalue weighted by Crippen LogP contribution is 2.14. The number of carbonyl (C=O) groups is 1. The molecule has 2 rings (SSSR count). The van der Waals surface area contributed by atoms with Gasteiger partial charge in [0.05, 0.1) is 0 Å². The second kappa shape index (κ2) is 7.51. The Morgan fingerprint density at radius 1 is 1.30 bits per heavy atom. The van der Waals surface area contributed by atoms with Crippen LogP contribution in [0.15, 0.2) is 30.5 Å². The first kappa shape index (κ1) is 17.3. The summed E-state index contributed by atoms with van der Waals surface area (Å²) in [5, 5.41) is 7.51. The number of benzene rings is 1. The Morgan fingerprint density at radius 2 is 2.09 bits per heavy atom. The van der Waals surface area contributed by atoms with Crippen molar-refractivity contribution in [1.82, 2.24) is 15.6 Å². The summed E-state index contributed by atoms with van der Waals surface area (Å²) in [6.45, 7) is 9.12. The normalized spacial score (nSPS) is 13.0. The molecule has 0 spiro atoms. The quantitative estimate of drug-likeness (QED) is 0.763. The number of aromatic amines is 1. The predicted octanol–water partition coefficient (Wildman–Crippen LogP) is 3.56. The standard InChI is InChI=1S/C18H27N3O2/c1-5-15(21-17(22)23-18(2,3)4)12-19-11-13-6-7-16-14(10-13)8-9-20-16/h6-10,15,19-20H,5,11-12H2,1-4H3,(H,21,22). The van der Waals surface area contributed by atoms with Gasteiger partial charge in [0, 0.05) is 30.8 Å². The van der Waals surface area contributed by atoms with E-state index in [2.05, 4.69) is 46.8 Å². The second-order valence-electron chi connectivity index (χ2n) is 6.78. The van der Waals surface area contributed by atoms with Crippen molar-refractivity contribution in [3.63, 3.8) is 0 Å². The van der Waals surface area contributed by atoms with E-state index in [4.69, 9.17) is 4.74 Å². The first-order valence-corrected chi connectivity index (χ1v) is 8.13. The maximum absolute atomic E-state index is 11.8. The van der Waals surface area contributed by atoms with Crippen LogP contribution in [0.4, 0.5) is 4.79 Å². The fourth-order valence-electron chi connectivity index (χ4n) is 2.38. The molecule has 2 aromatic rings. The van der Waals surface area contributed by atoms with E-state index in [1.807, 2.05) is 27.0 Å². The minimum atomic E-state index is -0.470. The molecule has 1 heterocycles. The zero-order valence-electron chi connectivity index (χ0n) is 14.4. The summed E-state index contributed by atoms with van der Waals surface area (Å²) in [6.07, 6.45) is 2.43. The number of nitrogens with one attached hydrogen (secondary N) is 3. The van der Waals surface area contributed by atoms with Gasteiger partial charge < -0.3 is 20.4 Å². The highest BCUT2D eigenvalue weighted by Gasteiger charge is 2.18. The molecule has 3 N–H and O–H groups in total. The van der Waals surface area contributed by atoms with Crippen molar-refractivity contribution in [3.8, 4) is 0 Å². The molecule has 1 amide bonds. The van der Waals surface area contributed by atoms with Crippen LogP contribution in [-0.4, -0.2) is 29.3 Å². The number of carbonyl (C=O) groups excluding carboxylic acids is 1. The lowest BCUT2D eigenvalue weighted by Gasteiger charge is -2.23. The van der Waals surface area contributed by atoms with Crippen molar-refractivity contribution < 1.29 is 9.53 Å². The summed E-state index contributed by atoms with van der Waals surface area (Å²) in [5.74, 6) is 0. The average Bonchev–Trinajstić information content (AvgIpc) is 2.91. The van der Waals surface area contributed by atoms with E-state index in [9.17, 15) is 4.79 Å². The Balaban J connectivity index is 1.79. The van der Waals surface area contributed by atoms with Crippen LogP contribution in [0, 0.1) is 0 Å². The third-order valence-corrected chi connectivity index (χ3v) is 3.55. The van der Waals surface area contributed by atoms with Gasteiger partial charge in [-0.25, -0.2) is 4.79 Å². The number of H-pyrrole nitrogens is 1. The second-order valence-corrected chi connectivity index (χ2v) is 6.78. The molecule has 23 heavy (non-hydrogen) atoms. The number of hydrogen-bond acceptors (Lipinski definition) is 3. The minimum absolute atomic E-state index is 0.0563. The van der Waals surface area contributed by atoms with Crippen molar-refractivity contribution in [3.05, 3.63) is 36.0 Å². The lowest BCUT2D eigenvalue weighted by atomic mass is 10.1. The third kappa shape index (κ3) is 5.60. The van der Waals surface area contributed by atoms with Gasteiger partial charge in [-0.15, -0.1) is 0 Å². The van der Waals surface area contributed by atoms with Crippen molar-refractivity contribution in [1.29, 1.82) is 0 Å². The largest absolute Gasteiger partial charge is 0.444 e. The van der Waals surface area contributed by atoms with Gasteiger partial charge in [0.2, 0.25) is 0 Å². The predicted molar refractivity (Wildman–Crippen MR) is 93.5 cm³/mol. The SMILES string of the molecule is CCC(CNCc1ccc2[nH]ccc2c1)NC(=O)OC(C)(C)C. The van der Waals surface area contributed by atoms with Crippen molar-refractivity contribution in [2.45, 2.75) is 52.3 Å². The molecule has 1 atom stereocenters. The Bertz CT molecular complexity index is 643. The molecular weight excluding hydrogens is 290 g/mol. The summed E-state index contributed by atoms with van der Waals surface area (Å²) >= 11 is 0.